The molecule has 0 aliphatic rings. The predicted molar refractivity (Wildman–Crippen MR) is 59.5 cm³/mol. The fourth-order valence-electron chi connectivity index (χ4n) is 1.23. The van der Waals surface area contributed by atoms with Crippen molar-refractivity contribution in [1.29, 1.82) is 0 Å². The molecule has 1 heterocycles. The summed E-state index contributed by atoms with van der Waals surface area (Å²) in [6.07, 6.45) is -3.01. The van der Waals surface area contributed by atoms with Crippen molar-refractivity contribution in [3.05, 3.63) is 28.0 Å². The molecule has 17 heavy (non-hydrogen) atoms. The second-order valence-corrected chi connectivity index (χ2v) is 3.80. The molecule has 0 atom stereocenters. The molecule has 1 rings (SSSR count). The van der Waals surface area contributed by atoms with E-state index in [2.05, 4.69) is 9.72 Å². The number of ether oxygens (including phenoxy) is 1. The van der Waals surface area contributed by atoms with Crippen molar-refractivity contribution in [2.75, 3.05) is 7.11 Å². The van der Waals surface area contributed by atoms with Crippen LogP contribution in [0.25, 0.3) is 0 Å². The van der Waals surface area contributed by atoms with Gasteiger partial charge in [-0.1, -0.05) is 11.6 Å². The first-order valence-corrected chi connectivity index (χ1v) is 5.50. The highest BCUT2D eigenvalue weighted by Crippen LogP contribution is 2.29. The number of alkyl halides is 3. The Morgan fingerprint density at radius 2 is 2.24 bits per heavy atom. The van der Waals surface area contributed by atoms with Gasteiger partial charge in [-0.2, -0.15) is 0 Å². The molecule has 94 valence electrons. The molecule has 0 N–H and O–H groups in total. The van der Waals surface area contributed by atoms with E-state index in [9.17, 15) is 13.6 Å². The maximum atomic E-state index is 12.6. The van der Waals surface area contributed by atoms with Gasteiger partial charge < -0.3 is 4.74 Å². The molecule has 0 saturated heterocycles. The molecule has 0 radical (unpaired) electrons. The Hall–Kier alpha value is -0.940. The van der Waals surface area contributed by atoms with Gasteiger partial charge in [-0.15, -0.1) is 11.6 Å². The molecule has 0 aliphatic carbocycles. The average Bonchev–Trinajstić information content (AvgIpc) is 2.31. The van der Waals surface area contributed by atoms with E-state index < -0.39 is 18.1 Å². The van der Waals surface area contributed by atoms with Crippen LogP contribution in [0.5, 0.6) is 0 Å². The predicted octanol–water partition coefficient (Wildman–Crippen LogP) is 3.13. The first-order valence-electron chi connectivity index (χ1n) is 4.58. The SMILES string of the molecule is COC(=O)Cc1cc(CCl)nc(C(F)F)c1Cl. The number of carbonyl (C=O) groups excluding carboxylic acids is 1. The van der Waals surface area contributed by atoms with Gasteiger partial charge in [0.1, 0.15) is 5.69 Å². The Morgan fingerprint density at radius 1 is 1.59 bits per heavy atom. The Labute approximate surface area is 107 Å². The second kappa shape index (κ2) is 6.12. The summed E-state index contributed by atoms with van der Waals surface area (Å²) in [5.74, 6) is -0.607. The zero-order chi connectivity index (χ0) is 13.0. The molecule has 0 unspecified atom stereocenters. The lowest BCUT2D eigenvalue weighted by molar-refractivity contribution is -0.139. The first kappa shape index (κ1) is 14.1. The Morgan fingerprint density at radius 3 is 2.71 bits per heavy atom. The van der Waals surface area contributed by atoms with Crippen molar-refractivity contribution in [3.8, 4) is 0 Å². The summed E-state index contributed by atoms with van der Waals surface area (Å²) in [6.45, 7) is 0. The van der Waals surface area contributed by atoms with Gasteiger partial charge in [0.25, 0.3) is 6.43 Å². The van der Waals surface area contributed by atoms with Gasteiger partial charge >= 0.3 is 5.97 Å². The molecule has 0 aromatic carbocycles. The van der Waals surface area contributed by atoms with Crippen molar-refractivity contribution in [2.45, 2.75) is 18.7 Å². The smallest absolute Gasteiger partial charge is 0.310 e. The molecular formula is C10H9Cl2F2NO2. The number of rotatable bonds is 4. The maximum absolute atomic E-state index is 12.6. The summed E-state index contributed by atoms with van der Waals surface area (Å²) >= 11 is 11.3. The fourth-order valence-corrected chi connectivity index (χ4v) is 1.62. The van der Waals surface area contributed by atoms with Crippen molar-refractivity contribution < 1.29 is 18.3 Å². The molecule has 0 saturated carbocycles. The van der Waals surface area contributed by atoms with Gasteiger partial charge in [0, 0.05) is 0 Å². The maximum Gasteiger partial charge on any atom is 0.310 e. The van der Waals surface area contributed by atoms with Gasteiger partial charge in [0.15, 0.2) is 0 Å². The van der Waals surface area contributed by atoms with E-state index in [1.165, 1.54) is 13.2 Å². The van der Waals surface area contributed by atoms with Crippen LogP contribution in [0.4, 0.5) is 8.78 Å². The fraction of sp³-hybridized carbons (Fsp3) is 0.400. The van der Waals surface area contributed by atoms with Gasteiger partial charge in [0.05, 0.1) is 30.1 Å². The number of esters is 1. The molecule has 0 aliphatic heterocycles. The van der Waals surface area contributed by atoms with Gasteiger partial charge in [-0.3, -0.25) is 4.79 Å². The molecule has 0 bridgehead atoms. The van der Waals surface area contributed by atoms with Crippen LogP contribution in [-0.4, -0.2) is 18.1 Å². The summed E-state index contributed by atoms with van der Waals surface area (Å²) in [6, 6.07) is 1.41. The number of hydrogen-bond acceptors (Lipinski definition) is 3. The third-order valence-corrected chi connectivity index (χ3v) is 2.73. The largest absolute Gasteiger partial charge is 0.469 e. The van der Waals surface area contributed by atoms with E-state index in [0.717, 1.165) is 0 Å². The Kier molecular flexibility index (Phi) is 5.08. The van der Waals surface area contributed by atoms with Crippen molar-refractivity contribution in [1.82, 2.24) is 4.98 Å². The summed E-state index contributed by atoms with van der Waals surface area (Å²) in [4.78, 5) is 14.7. The van der Waals surface area contributed by atoms with Crippen LogP contribution >= 0.6 is 23.2 Å². The minimum Gasteiger partial charge on any atom is -0.469 e. The molecule has 0 fully saturated rings. The van der Waals surface area contributed by atoms with E-state index in [1.807, 2.05) is 0 Å². The Bertz CT molecular complexity index is 427. The summed E-state index contributed by atoms with van der Waals surface area (Å²) in [7, 11) is 1.20. The van der Waals surface area contributed by atoms with E-state index in [0.29, 0.717) is 0 Å². The van der Waals surface area contributed by atoms with Crippen LogP contribution < -0.4 is 0 Å². The standard InChI is InChI=1S/C10H9Cl2F2NO2/c1-17-7(16)3-5-2-6(4-11)15-9(8(5)12)10(13)14/h2,10H,3-4H2,1H3. The lowest BCUT2D eigenvalue weighted by Gasteiger charge is -2.09. The first-order chi connectivity index (χ1) is 7.99. The zero-order valence-corrected chi connectivity index (χ0v) is 10.4. The average molecular weight is 284 g/mol. The molecule has 1 aromatic rings. The van der Waals surface area contributed by atoms with Crippen molar-refractivity contribution in [3.63, 3.8) is 0 Å². The third kappa shape index (κ3) is 3.51. The van der Waals surface area contributed by atoms with E-state index >= 15 is 0 Å². The molecule has 0 spiro atoms. The van der Waals surface area contributed by atoms with Gasteiger partial charge in [-0.05, 0) is 11.6 Å². The van der Waals surface area contributed by atoms with Crippen LogP contribution in [0.2, 0.25) is 5.02 Å². The zero-order valence-electron chi connectivity index (χ0n) is 8.84. The highest BCUT2D eigenvalue weighted by atomic mass is 35.5. The van der Waals surface area contributed by atoms with Crippen LogP contribution in [-0.2, 0) is 21.8 Å². The molecular weight excluding hydrogens is 275 g/mol. The second-order valence-electron chi connectivity index (χ2n) is 3.16. The summed E-state index contributed by atoms with van der Waals surface area (Å²) in [5, 5.41) is -0.223. The number of halogens is 4. The van der Waals surface area contributed by atoms with Crippen LogP contribution in [0.3, 0.4) is 0 Å². The number of pyridine rings is 1. The normalized spacial score (nSPS) is 10.7. The number of aromatic nitrogens is 1. The third-order valence-electron chi connectivity index (χ3n) is 2.02. The van der Waals surface area contributed by atoms with Crippen molar-refractivity contribution in [2.24, 2.45) is 0 Å². The number of nitrogens with zero attached hydrogens (tertiary/aromatic N) is 1. The molecule has 7 heteroatoms. The van der Waals surface area contributed by atoms with Gasteiger partial charge in [-0.25, -0.2) is 13.8 Å². The van der Waals surface area contributed by atoms with E-state index in [1.54, 1.807) is 0 Å². The van der Waals surface area contributed by atoms with Gasteiger partial charge in [0.2, 0.25) is 0 Å². The summed E-state index contributed by atoms with van der Waals surface area (Å²) < 4.78 is 29.7. The lowest BCUT2D eigenvalue weighted by Crippen LogP contribution is -2.08. The molecule has 1 aromatic heterocycles. The molecule has 0 amide bonds. The minimum absolute atomic E-state index is 0.0366. The minimum atomic E-state index is -2.82. The van der Waals surface area contributed by atoms with Crippen LogP contribution in [0.15, 0.2) is 6.07 Å². The number of methoxy groups -OCH3 is 1. The highest BCUT2D eigenvalue weighted by molar-refractivity contribution is 6.32. The Balaban J connectivity index is 3.19. The highest BCUT2D eigenvalue weighted by Gasteiger charge is 2.20. The van der Waals surface area contributed by atoms with E-state index in [4.69, 9.17) is 23.2 Å². The number of carbonyl (C=O) groups is 1. The number of hydrogen-bond donors (Lipinski definition) is 0. The topological polar surface area (TPSA) is 39.2 Å². The van der Waals surface area contributed by atoms with Crippen LogP contribution in [0, 0.1) is 0 Å². The summed E-state index contributed by atoms with van der Waals surface area (Å²) in [5.41, 5.74) is -0.0894. The monoisotopic (exact) mass is 283 g/mol. The van der Waals surface area contributed by atoms with Crippen molar-refractivity contribution >= 4 is 29.2 Å². The quantitative estimate of drug-likeness (QED) is 0.630. The van der Waals surface area contributed by atoms with E-state index in [-0.39, 0.29) is 28.6 Å². The lowest BCUT2D eigenvalue weighted by atomic mass is 10.1. The van der Waals surface area contributed by atoms with Crippen LogP contribution in [0.1, 0.15) is 23.4 Å². The molecule has 3 nitrogen and oxygen atoms in total.